The van der Waals surface area contributed by atoms with E-state index >= 15 is 0 Å². The SMILES string of the molecule is CCN(CC(N)=O)C(=O)[C@@H]1CCCCN1. The van der Waals surface area contributed by atoms with Crippen molar-refractivity contribution in [3.8, 4) is 0 Å². The summed E-state index contributed by atoms with van der Waals surface area (Å²) in [6, 6.07) is -0.127. The molecule has 0 spiro atoms. The molecule has 0 aromatic rings. The number of nitrogens with zero attached hydrogens (tertiary/aromatic N) is 1. The lowest BCUT2D eigenvalue weighted by atomic mass is 10.0. The summed E-state index contributed by atoms with van der Waals surface area (Å²) in [4.78, 5) is 24.2. The topological polar surface area (TPSA) is 75.4 Å². The van der Waals surface area contributed by atoms with Crippen LogP contribution in [0.15, 0.2) is 0 Å². The zero-order valence-electron chi connectivity index (χ0n) is 9.16. The molecule has 1 rings (SSSR count). The predicted octanol–water partition coefficient (Wildman–Crippen LogP) is -0.538. The van der Waals surface area contributed by atoms with Gasteiger partial charge in [0.15, 0.2) is 0 Å². The Morgan fingerprint density at radius 3 is 2.67 bits per heavy atom. The van der Waals surface area contributed by atoms with Crippen molar-refractivity contribution in [3.63, 3.8) is 0 Å². The minimum atomic E-state index is -0.457. The molecule has 5 nitrogen and oxygen atoms in total. The highest BCUT2D eigenvalue weighted by Crippen LogP contribution is 2.09. The van der Waals surface area contributed by atoms with Gasteiger partial charge >= 0.3 is 0 Å². The number of nitrogens with one attached hydrogen (secondary N) is 1. The number of piperidine rings is 1. The lowest BCUT2D eigenvalue weighted by Gasteiger charge is -2.28. The standard InChI is InChI=1S/C10H19N3O2/c1-2-13(7-9(11)14)10(15)8-5-3-4-6-12-8/h8,12H,2-7H2,1H3,(H2,11,14)/t8-/m0/s1. The van der Waals surface area contributed by atoms with E-state index in [9.17, 15) is 9.59 Å². The molecule has 0 saturated carbocycles. The van der Waals surface area contributed by atoms with Crippen molar-refractivity contribution in [3.05, 3.63) is 0 Å². The molecule has 0 aromatic carbocycles. The Hall–Kier alpha value is -1.10. The number of hydrogen-bond donors (Lipinski definition) is 2. The van der Waals surface area contributed by atoms with E-state index in [0.717, 1.165) is 25.8 Å². The molecule has 1 fully saturated rings. The van der Waals surface area contributed by atoms with Gasteiger partial charge in [-0.15, -0.1) is 0 Å². The molecule has 0 aromatic heterocycles. The third-order valence-electron chi connectivity index (χ3n) is 2.65. The van der Waals surface area contributed by atoms with Gasteiger partial charge in [-0.05, 0) is 26.3 Å². The van der Waals surface area contributed by atoms with Gasteiger partial charge in [-0.25, -0.2) is 0 Å². The van der Waals surface area contributed by atoms with E-state index in [1.165, 1.54) is 4.90 Å². The second-order valence-electron chi connectivity index (χ2n) is 3.82. The quantitative estimate of drug-likeness (QED) is 0.658. The van der Waals surface area contributed by atoms with Crippen molar-refractivity contribution >= 4 is 11.8 Å². The molecule has 3 N–H and O–H groups in total. The van der Waals surface area contributed by atoms with Gasteiger partial charge in [0, 0.05) is 6.54 Å². The van der Waals surface area contributed by atoms with Crippen molar-refractivity contribution in [1.82, 2.24) is 10.2 Å². The minimum Gasteiger partial charge on any atom is -0.368 e. The largest absolute Gasteiger partial charge is 0.368 e. The van der Waals surface area contributed by atoms with Gasteiger partial charge in [0.2, 0.25) is 11.8 Å². The van der Waals surface area contributed by atoms with Crippen LogP contribution < -0.4 is 11.1 Å². The number of carbonyl (C=O) groups excluding carboxylic acids is 2. The molecule has 0 radical (unpaired) electrons. The van der Waals surface area contributed by atoms with Gasteiger partial charge in [-0.2, -0.15) is 0 Å². The van der Waals surface area contributed by atoms with Crippen LogP contribution in [0.3, 0.4) is 0 Å². The molecule has 5 heteroatoms. The smallest absolute Gasteiger partial charge is 0.240 e. The number of carbonyl (C=O) groups is 2. The van der Waals surface area contributed by atoms with Crippen LogP contribution in [0, 0.1) is 0 Å². The summed E-state index contributed by atoms with van der Waals surface area (Å²) in [6.45, 7) is 3.28. The Morgan fingerprint density at radius 1 is 1.47 bits per heavy atom. The van der Waals surface area contributed by atoms with Crippen LogP contribution in [-0.4, -0.2) is 42.4 Å². The van der Waals surface area contributed by atoms with E-state index < -0.39 is 5.91 Å². The van der Waals surface area contributed by atoms with E-state index in [1.54, 1.807) is 0 Å². The molecule has 0 aliphatic carbocycles. The zero-order chi connectivity index (χ0) is 11.3. The highest BCUT2D eigenvalue weighted by molar-refractivity contribution is 5.86. The monoisotopic (exact) mass is 213 g/mol. The second kappa shape index (κ2) is 5.70. The minimum absolute atomic E-state index is 0.00370. The van der Waals surface area contributed by atoms with Crippen LogP contribution in [-0.2, 0) is 9.59 Å². The predicted molar refractivity (Wildman–Crippen MR) is 57.1 cm³/mol. The lowest BCUT2D eigenvalue weighted by Crippen LogP contribution is -2.50. The van der Waals surface area contributed by atoms with Crippen molar-refractivity contribution in [2.75, 3.05) is 19.6 Å². The van der Waals surface area contributed by atoms with Crippen molar-refractivity contribution in [1.29, 1.82) is 0 Å². The van der Waals surface area contributed by atoms with Crippen molar-refractivity contribution < 1.29 is 9.59 Å². The van der Waals surface area contributed by atoms with Crippen LogP contribution in [0.4, 0.5) is 0 Å². The molecule has 0 bridgehead atoms. The Bertz CT molecular complexity index is 237. The number of amides is 2. The first kappa shape index (κ1) is 12.0. The number of nitrogens with two attached hydrogens (primary N) is 1. The highest BCUT2D eigenvalue weighted by atomic mass is 16.2. The molecule has 1 atom stereocenters. The molecule has 15 heavy (non-hydrogen) atoms. The van der Waals surface area contributed by atoms with E-state index in [2.05, 4.69) is 5.32 Å². The van der Waals surface area contributed by atoms with E-state index in [0.29, 0.717) is 6.54 Å². The fourth-order valence-corrected chi connectivity index (χ4v) is 1.82. The van der Waals surface area contributed by atoms with Gasteiger partial charge in [-0.3, -0.25) is 9.59 Å². The highest BCUT2D eigenvalue weighted by Gasteiger charge is 2.25. The summed E-state index contributed by atoms with van der Waals surface area (Å²) in [5.74, 6) is -0.461. The summed E-state index contributed by atoms with van der Waals surface area (Å²) >= 11 is 0. The Balaban J connectivity index is 2.50. The van der Waals surface area contributed by atoms with Crippen LogP contribution in [0.5, 0.6) is 0 Å². The van der Waals surface area contributed by atoms with Gasteiger partial charge in [0.05, 0.1) is 12.6 Å². The van der Waals surface area contributed by atoms with Crippen LogP contribution in [0.25, 0.3) is 0 Å². The molecule has 1 aliphatic heterocycles. The Labute approximate surface area is 90.0 Å². The van der Waals surface area contributed by atoms with Crippen LogP contribution in [0.1, 0.15) is 26.2 Å². The zero-order valence-corrected chi connectivity index (χ0v) is 9.16. The molecule has 1 saturated heterocycles. The lowest BCUT2D eigenvalue weighted by molar-refractivity contribution is -0.137. The number of primary amides is 1. The maximum atomic E-state index is 11.9. The first-order valence-electron chi connectivity index (χ1n) is 5.45. The molecule has 1 aliphatic rings. The fourth-order valence-electron chi connectivity index (χ4n) is 1.82. The number of hydrogen-bond acceptors (Lipinski definition) is 3. The Kier molecular flexibility index (Phi) is 4.55. The van der Waals surface area contributed by atoms with Crippen LogP contribution in [0.2, 0.25) is 0 Å². The normalized spacial score (nSPS) is 21.0. The fraction of sp³-hybridized carbons (Fsp3) is 0.800. The van der Waals surface area contributed by atoms with Crippen molar-refractivity contribution in [2.24, 2.45) is 5.73 Å². The second-order valence-corrected chi connectivity index (χ2v) is 3.82. The first-order valence-corrected chi connectivity index (χ1v) is 5.45. The summed E-state index contributed by atoms with van der Waals surface area (Å²) in [7, 11) is 0. The summed E-state index contributed by atoms with van der Waals surface area (Å²) < 4.78 is 0. The van der Waals surface area contributed by atoms with Gasteiger partial charge in [0.1, 0.15) is 0 Å². The number of rotatable bonds is 4. The molecule has 86 valence electrons. The maximum absolute atomic E-state index is 11.9. The summed E-state index contributed by atoms with van der Waals surface area (Å²) in [5, 5.41) is 3.16. The third-order valence-corrected chi connectivity index (χ3v) is 2.65. The first-order chi connectivity index (χ1) is 7.15. The van der Waals surface area contributed by atoms with Crippen LogP contribution >= 0.6 is 0 Å². The van der Waals surface area contributed by atoms with E-state index in [-0.39, 0.29) is 18.5 Å². The third kappa shape index (κ3) is 3.51. The van der Waals surface area contributed by atoms with Gasteiger partial charge < -0.3 is 16.0 Å². The van der Waals surface area contributed by atoms with E-state index in [1.807, 2.05) is 6.92 Å². The molecule has 0 unspecified atom stereocenters. The Morgan fingerprint density at radius 2 is 2.20 bits per heavy atom. The maximum Gasteiger partial charge on any atom is 0.240 e. The average molecular weight is 213 g/mol. The molecule has 2 amide bonds. The van der Waals surface area contributed by atoms with Crippen molar-refractivity contribution in [2.45, 2.75) is 32.2 Å². The van der Waals surface area contributed by atoms with E-state index in [4.69, 9.17) is 5.73 Å². The summed E-state index contributed by atoms with van der Waals surface area (Å²) in [6.07, 6.45) is 3.04. The number of likely N-dealkylation sites (N-methyl/N-ethyl adjacent to an activating group) is 1. The molecule has 1 heterocycles. The average Bonchev–Trinajstić information content (AvgIpc) is 2.26. The van der Waals surface area contributed by atoms with Gasteiger partial charge in [0.25, 0.3) is 0 Å². The molecular weight excluding hydrogens is 194 g/mol. The van der Waals surface area contributed by atoms with Gasteiger partial charge in [-0.1, -0.05) is 6.42 Å². The molecular formula is C10H19N3O2. The summed E-state index contributed by atoms with van der Waals surface area (Å²) in [5.41, 5.74) is 5.08.